The minimum absolute atomic E-state index is 0.0979. The number of halogens is 1. The second kappa shape index (κ2) is 9.09. The Hall–Kier alpha value is -1.87. The maximum Gasteiger partial charge on any atom is 0.285 e. The average molecular weight is 441 g/mol. The maximum atomic E-state index is 12.8. The van der Waals surface area contributed by atoms with Crippen molar-refractivity contribution < 1.29 is 17.9 Å². The normalized spacial score (nSPS) is 12.6. The van der Waals surface area contributed by atoms with Crippen LogP contribution in [0.2, 0.25) is 5.02 Å². The van der Waals surface area contributed by atoms with Gasteiger partial charge in [-0.2, -0.15) is 8.42 Å². The second-order valence-corrected chi connectivity index (χ2v) is 8.87. The molecule has 0 aliphatic heterocycles. The number of ether oxygens (including phenoxy) is 2. The fraction of sp³-hybridized carbons (Fsp3) is 0.316. The summed E-state index contributed by atoms with van der Waals surface area (Å²) < 4.78 is 43.4. The Morgan fingerprint density at radius 3 is 2.54 bits per heavy atom. The van der Waals surface area contributed by atoms with Gasteiger partial charge < -0.3 is 14.0 Å². The summed E-state index contributed by atoms with van der Waals surface area (Å²) in [5, 5.41) is 0.469. The number of hydrogen-bond acceptors (Lipinski definition) is 5. The van der Waals surface area contributed by atoms with Crippen LogP contribution in [0, 0.1) is 0 Å². The molecule has 0 radical (unpaired) electrons. The molecular weight excluding hydrogens is 420 g/mol. The largest absolute Gasteiger partial charge is 0.494 e. The van der Waals surface area contributed by atoms with Gasteiger partial charge in [0, 0.05) is 18.2 Å². The van der Waals surface area contributed by atoms with E-state index in [1.165, 1.54) is 35.6 Å². The van der Waals surface area contributed by atoms with E-state index in [9.17, 15) is 8.42 Å². The van der Waals surface area contributed by atoms with E-state index in [2.05, 4.69) is 4.40 Å². The minimum Gasteiger partial charge on any atom is -0.494 e. The Labute approximate surface area is 173 Å². The third kappa shape index (κ3) is 4.75. The highest BCUT2D eigenvalue weighted by atomic mass is 35.5. The Morgan fingerprint density at radius 2 is 1.86 bits per heavy atom. The lowest BCUT2D eigenvalue weighted by Gasteiger charge is -2.07. The van der Waals surface area contributed by atoms with E-state index in [0.29, 0.717) is 36.2 Å². The molecule has 0 saturated carbocycles. The number of sulfonamides is 1. The Bertz CT molecular complexity index is 1120. The predicted molar refractivity (Wildman–Crippen MR) is 112 cm³/mol. The number of benzene rings is 2. The quantitative estimate of drug-likeness (QED) is 0.495. The van der Waals surface area contributed by atoms with Gasteiger partial charge >= 0.3 is 0 Å². The highest BCUT2D eigenvalue weighted by Gasteiger charge is 2.15. The van der Waals surface area contributed by atoms with Gasteiger partial charge in [0.25, 0.3) is 10.0 Å². The molecule has 0 saturated heterocycles. The van der Waals surface area contributed by atoms with Crippen LogP contribution in [0.3, 0.4) is 0 Å². The van der Waals surface area contributed by atoms with Crippen LogP contribution in [-0.4, -0.2) is 32.8 Å². The summed E-state index contributed by atoms with van der Waals surface area (Å²) in [5.41, 5.74) is 0.887. The highest BCUT2D eigenvalue weighted by Crippen LogP contribution is 2.24. The molecule has 0 aliphatic carbocycles. The summed E-state index contributed by atoms with van der Waals surface area (Å²) in [5.74, 6) is 0.736. The van der Waals surface area contributed by atoms with E-state index < -0.39 is 10.0 Å². The second-order valence-electron chi connectivity index (χ2n) is 5.82. The van der Waals surface area contributed by atoms with Crippen molar-refractivity contribution in [2.24, 2.45) is 4.40 Å². The first-order valence-corrected chi connectivity index (χ1v) is 11.5. The first-order valence-electron chi connectivity index (χ1n) is 8.85. The van der Waals surface area contributed by atoms with Crippen molar-refractivity contribution in [3.05, 3.63) is 52.3 Å². The van der Waals surface area contributed by atoms with E-state index in [1.807, 2.05) is 36.6 Å². The van der Waals surface area contributed by atoms with E-state index in [1.54, 1.807) is 0 Å². The van der Waals surface area contributed by atoms with Crippen LogP contribution in [0.5, 0.6) is 5.75 Å². The molecule has 0 fully saturated rings. The summed E-state index contributed by atoms with van der Waals surface area (Å²) in [6.07, 6.45) is 0. The van der Waals surface area contributed by atoms with Gasteiger partial charge in [0.2, 0.25) is 4.80 Å². The van der Waals surface area contributed by atoms with Crippen LogP contribution in [0.15, 0.2) is 51.8 Å². The van der Waals surface area contributed by atoms with Gasteiger partial charge in [0.1, 0.15) is 5.75 Å². The Balaban J connectivity index is 2.12. The number of rotatable bonds is 8. The number of fused-ring (bicyclic) bond motifs is 1. The maximum absolute atomic E-state index is 12.8. The third-order valence-corrected chi connectivity index (χ3v) is 6.63. The SMILES string of the molecule is CCOCCn1c(=NS(=O)(=O)c2ccc(Cl)cc2)sc2cc(OCC)ccc21. The van der Waals surface area contributed by atoms with E-state index in [0.717, 1.165) is 16.0 Å². The zero-order valence-electron chi connectivity index (χ0n) is 15.6. The summed E-state index contributed by atoms with van der Waals surface area (Å²) in [7, 11) is -3.87. The van der Waals surface area contributed by atoms with Crippen molar-refractivity contribution >= 4 is 43.2 Å². The molecule has 2 aromatic carbocycles. The topological polar surface area (TPSA) is 69.9 Å². The molecule has 6 nitrogen and oxygen atoms in total. The van der Waals surface area contributed by atoms with Crippen molar-refractivity contribution in [3.63, 3.8) is 0 Å². The minimum atomic E-state index is -3.87. The lowest BCUT2D eigenvalue weighted by molar-refractivity contribution is 0.139. The standard InChI is InChI=1S/C19H21ClN2O4S2/c1-3-25-12-11-22-17-10-7-15(26-4-2)13-18(17)27-19(22)21-28(23,24)16-8-5-14(20)6-9-16/h5-10,13H,3-4,11-12H2,1-2H3. The molecule has 28 heavy (non-hydrogen) atoms. The monoisotopic (exact) mass is 440 g/mol. The van der Waals surface area contributed by atoms with Crippen molar-refractivity contribution in [1.82, 2.24) is 4.57 Å². The molecule has 0 aliphatic rings. The molecule has 1 aromatic heterocycles. The zero-order valence-corrected chi connectivity index (χ0v) is 18.0. The van der Waals surface area contributed by atoms with Gasteiger partial charge in [0.05, 0.1) is 28.3 Å². The first-order chi connectivity index (χ1) is 13.4. The van der Waals surface area contributed by atoms with Gasteiger partial charge in [0.15, 0.2) is 0 Å². The first kappa shape index (κ1) is 20.9. The van der Waals surface area contributed by atoms with Gasteiger partial charge in [-0.25, -0.2) is 0 Å². The van der Waals surface area contributed by atoms with Gasteiger partial charge in [-0.3, -0.25) is 0 Å². The van der Waals surface area contributed by atoms with Gasteiger partial charge in [-0.15, -0.1) is 4.40 Å². The lowest BCUT2D eigenvalue weighted by Crippen LogP contribution is -2.19. The van der Waals surface area contributed by atoms with Crippen LogP contribution >= 0.6 is 22.9 Å². The van der Waals surface area contributed by atoms with Crippen molar-refractivity contribution in [2.45, 2.75) is 25.3 Å². The number of nitrogens with zero attached hydrogens (tertiary/aromatic N) is 2. The molecule has 0 atom stereocenters. The molecule has 0 amide bonds. The van der Waals surface area contributed by atoms with Gasteiger partial charge in [-0.05, 0) is 56.3 Å². The van der Waals surface area contributed by atoms with Crippen LogP contribution in [0.4, 0.5) is 0 Å². The lowest BCUT2D eigenvalue weighted by atomic mass is 10.3. The van der Waals surface area contributed by atoms with Gasteiger partial charge in [-0.1, -0.05) is 22.9 Å². The molecule has 0 bridgehead atoms. The van der Waals surface area contributed by atoms with Crippen LogP contribution < -0.4 is 9.54 Å². The fourth-order valence-electron chi connectivity index (χ4n) is 2.66. The average Bonchev–Trinajstić information content (AvgIpc) is 2.98. The van der Waals surface area contributed by atoms with Crippen molar-refractivity contribution in [1.29, 1.82) is 0 Å². The smallest absolute Gasteiger partial charge is 0.285 e. The molecule has 0 unspecified atom stereocenters. The van der Waals surface area contributed by atoms with E-state index in [-0.39, 0.29) is 4.90 Å². The molecular formula is C19H21ClN2O4S2. The highest BCUT2D eigenvalue weighted by molar-refractivity contribution is 7.90. The Morgan fingerprint density at radius 1 is 1.11 bits per heavy atom. The number of aromatic nitrogens is 1. The number of hydrogen-bond donors (Lipinski definition) is 0. The zero-order chi connectivity index (χ0) is 20.1. The molecule has 150 valence electrons. The van der Waals surface area contributed by atoms with Crippen molar-refractivity contribution in [3.8, 4) is 5.75 Å². The van der Waals surface area contributed by atoms with Crippen LogP contribution in [0.25, 0.3) is 10.2 Å². The molecule has 3 rings (SSSR count). The summed E-state index contributed by atoms with van der Waals surface area (Å²) in [4.78, 5) is 0.485. The molecule has 0 N–H and O–H groups in total. The van der Waals surface area contributed by atoms with E-state index in [4.69, 9.17) is 21.1 Å². The van der Waals surface area contributed by atoms with E-state index >= 15 is 0 Å². The van der Waals surface area contributed by atoms with Crippen LogP contribution in [-0.2, 0) is 21.3 Å². The Kier molecular flexibility index (Phi) is 6.77. The molecule has 1 heterocycles. The molecule has 3 aromatic rings. The fourth-order valence-corrected chi connectivity index (χ4v) is 5.07. The van der Waals surface area contributed by atoms with Crippen LogP contribution in [0.1, 0.15) is 13.8 Å². The predicted octanol–water partition coefficient (Wildman–Crippen LogP) is 4.08. The number of thiazole rings is 1. The molecule has 9 heteroatoms. The summed E-state index contributed by atoms with van der Waals surface area (Å²) >= 11 is 7.16. The summed E-state index contributed by atoms with van der Waals surface area (Å²) in [6.45, 7) is 5.94. The molecule has 0 spiro atoms. The summed E-state index contributed by atoms with van der Waals surface area (Å²) in [6, 6.07) is 11.6. The van der Waals surface area contributed by atoms with Crippen molar-refractivity contribution in [2.75, 3.05) is 19.8 Å². The third-order valence-electron chi connectivity index (χ3n) is 3.94.